The van der Waals surface area contributed by atoms with Crippen molar-refractivity contribution in [3.63, 3.8) is 0 Å². The maximum atomic E-state index is 13.3. The van der Waals surface area contributed by atoms with Crippen LogP contribution in [0.1, 0.15) is 56.8 Å². The molecule has 0 saturated carbocycles. The Kier molecular flexibility index (Phi) is 7.99. The highest BCUT2D eigenvalue weighted by atomic mass is 16.5. The molecule has 2 aromatic carbocycles. The van der Waals surface area contributed by atoms with Crippen molar-refractivity contribution in [3.8, 4) is 11.5 Å². The number of rotatable bonds is 10. The maximum absolute atomic E-state index is 13.3. The van der Waals surface area contributed by atoms with Gasteiger partial charge >= 0.3 is 0 Å². The van der Waals surface area contributed by atoms with E-state index in [1.165, 1.54) is 0 Å². The van der Waals surface area contributed by atoms with Gasteiger partial charge in [-0.05, 0) is 81.4 Å². The van der Waals surface area contributed by atoms with E-state index in [1.54, 1.807) is 11.0 Å². The molecule has 0 spiro atoms. The van der Waals surface area contributed by atoms with Crippen LogP contribution in [-0.4, -0.2) is 65.5 Å². The summed E-state index contributed by atoms with van der Waals surface area (Å²) in [6.07, 6.45) is 1.53. The minimum Gasteiger partial charge on any atom is -0.507 e. The molecule has 1 N–H and O–H groups in total. The lowest BCUT2D eigenvalue weighted by Gasteiger charge is -2.27. The quantitative estimate of drug-likeness (QED) is 0.298. The molecule has 0 bridgehead atoms. The van der Waals surface area contributed by atoms with Crippen molar-refractivity contribution >= 4 is 17.4 Å². The summed E-state index contributed by atoms with van der Waals surface area (Å²) in [6.45, 7) is 11.8. The molecular formula is C29H36N2O5. The Hall–Kier alpha value is -3.32. The molecule has 2 aromatic rings. The number of aliphatic hydroxyl groups excluding tert-OH is 1. The van der Waals surface area contributed by atoms with Crippen LogP contribution in [0.4, 0.5) is 0 Å². The highest BCUT2D eigenvalue weighted by molar-refractivity contribution is 6.46. The molecule has 0 aliphatic carbocycles. The third kappa shape index (κ3) is 5.12. The average Bonchev–Trinajstić information content (AvgIpc) is 3.37. The molecule has 0 radical (unpaired) electrons. The van der Waals surface area contributed by atoms with Crippen molar-refractivity contribution in [1.82, 2.24) is 9.80 Å². The summed E-state index contributed by atoms with van der Waals surface area (Å²) in [5, 5.41) is 11.4. The zero-order chi connectivity index (χ0) is 25.8. The first-order valence-electron chi connectivity index (χ1n) is 12.9. The van der Waals surface area contributed by atoms with Gasteiger partial charge in [0.25, 0.3) is 11.7 Å². The number of nitrogens with zero attached hydrogens (tertiary/aromatic N) is 2. The molecule has 36 heavy (non-hydrogen) atoms. The van der Waals surface area contributed by atoms with Crippen molar-refractivity contribution in [2.45, 2.75) is 52.7 Å². The maximum Gasteiger partial charge on any atom is 0.295 e. The number of hydrogen-bond donors (Lipinski definition) is 1. The van der Waals surface area contributed by atoms with Gasteiger partial charge in [-0.1, -0.05) is 26.0 Å². The highest BCUT2D eigenvalue weighted by Crippen LogP contribution is 2.41. The first kappa shape index (κ1) is 25.8. The molecule has 1 amide bonds. The number of hydrogen-bond acceptors (Lipinski definition) is 6. The Morgan fingerprint density at radius 1 is 1.11 bits per heavy atom. The second kappa shape index (κ2) is 11.2. The summed E-state index contributed by atoms with van der Waals surface area (Å²) >= 11 is 0. The van der Waals surface area contributed by atoms with Crippen molar-refractivity contribution < 1.29 is 24.2 Å². The largest absolute Gasteiger partial charge is 0.507 e. The van der Waals surface area contributed by atoms with Gasteiger partial charge < -0.3 is 24.4 Å². The molecule has 7 heteroatoms. The zero-order valence-electron chi connectivity index (χ0n) is 21.6. The number of ether oxygens (including phenoxy) is 2. The summed E-state index contributed by atoms with van der Waals surface area (Å²) in [4.78, 5) is 30.4. The number of Topliss-reactive ketones (excluding diaryl/α,β-unsaturated/α-hetero) is 1. The summed E-state index contributed by atoms with van der Waals surface area (Å²) in [5.41, 5.74) is 2.39. The van der Waals surface area contributed by atoms with E-state index in [0.29, 0.717) is 24.5 Å². The minimum atomic E-state index is -0.666. The van der Waals surface area contributed by atoms with Gasteiger partial charge in [0.2, 0.25) is 0 Å². The number of carbonyl (C=O) groups excluding carboxylic acids is 2. The minimum absolute atomic E-state index is 0.0673. The fraction of sp³-hybridized carbons (Fsp3) is 0.448. The lowest BCUT2D eigenvalue weighted by Crippen LogP contribution is -2.33. The Morgan fingerprint density at radius 3 is 2.50 bits per heavy atom. The van der Waals surface area contributed by atoms with Gasteiger partial charge in [-0.25, -0.2) is 0 Å². The third-order valence-corrected chi connectivity index (χ3v) is 6.98. The van der Waals surface area contributed by atoms with E-state index >= 15 is 0 Å². The van der Waals surface area contributed by atoms with Crippen LogP contribution in [0.15, 0.2) is 48.0 Å². The molecule has 0 aromatic heterocycles. The molecule has 2 atom stereocenters. The second-order valence-corrected chi connectivity index (χ2v) is 9.33. The van der Waals surface area contributed by atoms with Crippen molar-refractivity contribution in [2.24, 2.45) is 0 Å². The molecular weight excluding hydrogens is 456 g/mol. The van der Waals surface area contributed by atoms with Gasteiger partial charge in [0.05, 0.1) is 18.2 Å². The zero-order valence-corrected chi connectivity index (χ0v) is 21.6. The van der Waals surface area contributed by atoms with E-state index in [4.69, 9.17) is 9.47 Å². The lowest BCUT2D eigenvalue weighted by atomic mass is 9.94. The van der Waals surface area contributed by atoms with Gasteiger partial charge in [0, 0.05) is 18.5 Å². The fourth-order valence-corrected chi connectivity index (χ4v) is 5.10. The van der Waals surface area contributed by atoms with Crippen LogP contribution in [-0.2, 0) is 16.0 Å². The van der Waals surface area contributed by atoms with Crippen LogP contribution in [0.2, 0.25) is 0 Å². The topological polar surface area (TPSA) is 79.3 Å². The molecule has 1 saturated heterocycles. The third-order valence-electron chi connectivity index (χ3n) is 6.98. The smallest absolute Gasteiger partial charge is 0.295 e. The van der Waals surface area contributed by atoms with Gasteiger partial charge in [-0.3, -0.25) is 9.59 Å². The van der Waals surface area contributed by atoms with E-state index in [2.05, 4.69) is 18.7 Å². The average molecular weight is 493 g/mol. The number of carbonyl (C=O) groups is 2. The fourth-order valence-electron chi connectivity index (χ4n) is 5.10. The van der Waals surface area contributed by atoms with Gasteiger partial charge in [0.1, 0.15) is 23.4 Å². The monoisotopic (exact) mass is 492 g/mol. The molecule has 0 unspecified atom stereocenters. The highest BCUT2D eigenvalue weighted by Gasteiger charge is 2.46. The molecule has 2 aliphatic heterocycles. The molecule has 192 valence electrons. The van der Waals surface area contributed by atoms with Crippen LogP contribution in [0.25, 0.3) is 5.76 Å². The van der Waals surface area contributed by atoms with Gasteiger partial charge in [-0.2, -0.15) is 0 Å². The van der Waals surface area contributed by atoms with E-state index in [9.17, 15) is 14.7 Å². The predicted octanol–water partition coefficient (Wildman–Crippen LogP) is 4.56. The Bertz CT molecular complexity index is 1140. The van der Waals surface area contributed by atoms with Crippen molar-refractivity contribution in [1.29, 1.82) is 0 Å². The summed E-state index contributed by atoms with van der Waals surface area (Å²) < 4.78 is 11.4. The summed E-state index contributed by atoms with van der Waals surface area (Å²) in [5.74, 6) is 0.125. The van der Waals surface area contributed by atoms with Crippen LogP contribution >= 0.6 is 0 Å². The first-order chi connectivity index (χ1) is 17.4. The SMILES string of the molecule is CCOc1ccc([C@@H]2C(=C(O)c3ccc4c(c3)C[C@@H](C)O4)C(=O)C(=O)N2CCCN(CC)CC)cc1. The standard InChI is InChI=1S/C29H36N2O5/c1-5-30(6-2)15-8-16-31-26(20-9-12-23(13-10-20)35-7-3)25(28(33)29(31)34)27(32)21-11-14-24-22(18-21)17-19(4)36-24/h9-14,18-19,26,32H,5-8,15-17H2,1-4H3/t19-,26-/m1/s1. The van der Waals surface area contributed by atoms with Crippen LogP contribution in [0.5, 0.6) is 11.5 Å². The van der Waals surface area contributed by atoms with Crippen LogP contribution in [0, 0.1) is 0 Å². The van der Waals surface area contributed by atoms with Crippen molar-refractivity contribution in [2.75, 3.05) is 32.8 Å². The number of benzene rings is 2. The number of fused-ring (bicyclic) bond motifs is 1. The predicted molar refractivity (Wildman–Crippen MR) is 139 cm³/mol. The number of amides is 1. The normalized spacial score (nSPS) is 20.6. The summed E-state index contributed by atoms with van der Waals surface area (Å²) in [6, 6.07) is 12.2. The Balaban J connectivity index is 1.72. The summed E-state index contributed by atoms with van der Waals surface area (Å²) in [7, 11) is 0. The Morgan fingerprint density at radius 2 is 1.83 bits per heavy atom. The van der Waals surface area contributed by atoms with Gasteiger partial charge in [0.15, 0.2) is 0 Å². The molecule has 4 rings (SSSR count). The van der Waals surface area contributed by atoms with E-state index in [-0.39, 0.29) is 17.4 Å². The number of ketones is 1. The molecule has 7 nitrogen and oxygen atoms in total. The van der Waals surface area contributed by atoms with E-state index < -0.39 is 17.7 Å². The Labute approximate surface area is 213 Å². The first-order valence-corrected chi connectivity index (χ1v) is 12.9. The van der Waals surface area contributed by atoms with E-state index in [1.807, 2.05) is 50.2 Å². The lowest BCUT2D eigenvalue weighted by molar-refractivity contribution is -0.140. The van der Waals surface area contributed by atoms with E-state index in [0.717, 1.165) is 49.4 Å². The number of aliphatic hydroxyl groups is 1. The molecule has 2 aliphatic rings. The van der Waals surface area contributed by atoms with Crippen LogP contribution < -0.4 is 9.47 Å². The second-order valence-electron chi connectivity index (χ2n) is 9.33. The molecule has 2 heterocycles. The molecule has 1 fully saturated rings. The van der Waals surface area contributed by atoms with Gasteiger partial charge in [-0.15, -0.1) is 0 Å². The number of likely N-dealkylation sites (tertiary alicyclic amines) is 1. The van der Waals surface area contributed by atoms with Crippen LogP contribution in [0.3, 0.4) is 0 Å². The van der Waals surface area contributed by atoms with Crippen molar-refractivity contribution in [3.05, 3.63) is 64.7 Å².